The minimum absolute atomic E-state index is 0.253. The first-order valence-electron chi connectivity index (χ1n) is 7.51. The van der Waals surface area contributed by atoms with Crippen molar-refractivity contribution in [3.05, 3.63) is 45.8 Å². The third-order valence-electron chi connectivity index (χ3n) is 4.05. The fourth-order valence-corrected chi connectivity index (χ4v) is 3.07. The van der Waals surface area contributed by atoms with Gasteiger partial charge in [-0.1, -0.05) is 11.2 Å². The maximum atomic E-state index is 13.8. The maximum absolute atomic E-state index is 13.8. The van der Waals surface area contributed by atoms with Crippen molar-refractivity contribution in [2.75, 3.05) is 18.0 Å². The lowest BCUT2D eigenvalue weighted by Gasteiger charge is -2.33. The molecule has 1 aromatic heterocycles. The first kappa shape index (κ1) is 15.4. The van der Waals surface area contributed by atoms with Gasteiger partial charge in [-0.2, -0.15) is 9.37 Å². The Morgan fingerprint density at radius 3 is 3.04 bits per heavy atom. The predicted octanol–water partition coefficient (Wildman–Crippen LogP) is 2.88. The van der Waals surface area contributed by atoms with Crippen LogP contribution in [0.5, 0.6) is 0 Å². The molecule has 1 aliphatic rings. The molecule has 1 atom stereocenters. The van der Waals surface area contributed by atoms with Gasteiger partial charge >= 0.3 is 5.69 Å². The van der Waals surface area contributed by atoms with Crippen molar-refractivity contribution < 1.29 is 13.8 Å². The van der Waals surface area contributed by atoms with E-state index in [0.717, 1.165) is 18.9 Å². The molecule has 0 amide bonds. The Kier molecular flexibility index (Phi) is 4.22. The molecule has 3 rings (SSSR count). The molecule has 0 N–H and O–H groups in total. The molecule has 0 saturated carbocycles. The highest BCUT2D eigenvalue weighted by Gasteiger charge is 2.28. The van der Waals surface area contributed by atoms with E-state index >= 15 is 0 Å². The third-order valence-corrected chi connectivity index (χ3v) is 4.05. The molecular weight excluding hydrogens is 303 g/mol. The zero-order chi connectivity index (χ0) is 16.4. The van der Waals surface area contributed by atoms with Gasteiger partial charge in [0.2, 0.25) is 11.7 Å². The van der Waals surface area contributed by atoms with Crippen LogP contribution >= 0.6 is 0 Å². The molecule has 8 heteroatoms. The summed E-state index contributed by atoms with van der Waals surface area (Å²) in [6.07, 6.45) is 2.51. The monoisotopic (exact) mass is 320 g/mol. The number of anilines is 1. The molecule has 7 nitrogen and oxygen atoms in total. The first-order chi connectivity index (χ1) is 11.0. The maximum Gasteiger partial charge on any atom is 0.327 e. The molecule has 2 heterocycles. The fourth-order valence-electron chi connectivity index (χ4n) is 3.07. The van der Waals surface area contributed by atoms with Gasteiger partial charge < -0.3 is 9.42 Å². The standard InChI is InChI=1S/C15H17FN4O3/c1-10-17-14(18-23-10)8-11-4-3-7-19(9-11)13-6-2-5-12(16)15(13)20(21)22/h2,5-6,11H,3-4,7-9H2,1H3. The molecule has 1 saturated heterocycles. The van der Waals surface area contributed by atoms with Crippen molar-refractivity contribution in [1.82, 2.24) is 10.1 Å². The van der Waals surface area contributed by atoms with Gasteiger partial charge in [0.25, 0.3) is 0 Å². The van der Waals surface area contributed by atoms with Crippen molar-refractivity contribution >= 4 is 11.4 Å². The highest BCUT2D eigenvalue weighted by molar-refractivity contribution is 5.64. The number of nitro groups is 1. The molecule has 2 aromatic rings. The van der Waals surface area contributed by atoms with Crippen LogP contribution in [0.4, 0.5) is 15.8 Å². The summed E-state index contributed by atoms with van der Waals surface area (Å²) in [5.41, 5.74) is -0.118. The largest absolute Gasteiger partial charge is 0.366 e. The number of aromatic nitrogens is 2. The smallest absolute Gasteiger partial charge is 0.327 e. The molecule has 0 spiro atoms. The van der Waals surface area contributed by atoms with E-state index in [2.05, 4.69) is 10.1 Å². The van der Waals surface area contributed by atoms with Crippen LogP contribution < -0.4 is 4.90 Å². The molecule has 1 fully saturated rings. The van der Waals surface area contributed by atoms with Gasteiger partial charge in [-0.3, -0.25) is 10.1 Å². The van der Waals surface area contributed by atoms with E-state index in [-0.39, 0.29) is 5.92 Å². The molecule has 0 radical (unpaired) electrons. The summed E-state index contributed by atoms with van der Waals surface area (Å²) in [5, 5.41) is 15.1. The quantitative estimate of drug-likeness (QED) is 0.636. The van der Waals surface area contributed by atoms with Gasteiger partial charge in [0, 0.05) is 26.4 Å². The average Bonchev–Trinajstić information content (AvgIpc) is 2.92. The second-order valence-electron chi connectivity index (χ2n) is 5.75. The van der Waals surface area contributed by atoms with Gasteiger partial charge in [0.1, 0.15) is 5.69 Å². The summed E-state index contributed by atoms with van der Waals surface area (Å²) in [5.74, 6) is 0.614. The van der Waals surface area contributed by atoms with E-state index in [1.54, 1.807) is 13.0 Å². The number of nitrogens with zero attached hydrogens (tertiary/aromatic N) is 4. The van der Waals surface area contributed by atoms with Crippen LogP contribution in [0, 0.1) is 28.8 Å². The Hall–Kier alpha value is -2.51. The minimum Gasteiger partial charge on any atom is -0.366 e. The molecule has 0 bridgehead atoms. The predicted molar refractivity (Wildman–Crippen MR) is 80.7 cm³/mol. The average molecular weight is 320 g/mol. The summed E-state index contributed by atoms with van der Waals surface area (Å²) in [6.45, 7) is 3.02. The molecule has 1 unspecified atom stereocenters. The molecular formula is C15H17FN4O3. The van der Waals surface area contributed by atoms with Gasteiger partial charge in [-0.15, -0.1) is 0 Å². The zero-order valence-corrected chi connectivity index (χ0v) is 12.7. The van der Waals surface area contributed by atoms with E-state index in [1.165, 1.54) is 6.07 Å². The van der Waals surface area contributed by atoms with Crippen LogP contribution in [0.25, 0.3) is 0 Å². The lowest BCUT2D eigenvalue weighted by atomic mass is 9.94. The van der Waals surface area contributed by atoms with E-state index < -0.39 is 16.4 Å². The number of piperidine rings is 1. The molecule has 1 aliphatic heterocycles. The lowest BCUT2D eigenvalue weighted by Crippen LogP contribution is -2.36. The van der Waals surface area contributed by atoms with E-state index in [1.807, 2.05) is 4.90 Å². The number of aryl methyl sites for hydroxylation is 1. The number of rotatable bonds is 4. The van der Waals surface area contributed by atoms with Crippen molar-refractivity contribution in [3.63, 3.8) is 0 Å². The van der Waals surface area contributed by atoms with Crippen molar-refractivity contribution in [2.24, 2.45) is 5.92 Å². The highest BCUT2D eigenvalue weighted by Crippen LogP contribution is 2.34. The number of hydrogen-bond acceptors (Lipinski definition) is 6. The molecule has 122 valence electrons. The van der Waals surface area contributed by atoms with Crippen molar-refractivity contribution in [1.29, 1.82) is 0 Å². The van der Waals surface area contributed by atoms with Gasteiger partial charge in [0.05, 0.1) is 4.92 Å². The summed E-state index contributed by atoms with van der Waals surface area (Å²) >= 11 is 0. The topological polar surface area (TPSA) is 85.3 Å². The van der Waals surface area contributed by atoms with Crippen LogP contribution in [0.15, 0.2) is 22.7 Å². The summed E-state index contributed by atoms with van der Waals surface area (Å²) < 4.78 is 18.8. The second kappa shape index (κ2) is 6.31. The van der Waals surface area contributed by atoms with E-state index in [0.29, 0.717) is 36.9 Å². The van der Waals surface area contributed by atoms with Crippen LogP contribution in [-0.4, -0.2) is 28.2 Å². The molecule has 0 aliphatic carbocycles. The number of halogens is 1. The Morgan fingerprint density at radius 2 is 2.35 bits per heavy atom. The molecule has 1 aromatic carbocycles. The zero-order valence-electron chi connectivity index (χ0n) is 12.7. The van der Waals surface area contributed by atoms with E-state index in [4.69, 9.17) is 4.52 Å². The number of hydrogen-bond donors (Lipinski definition) is 0. The normalized spacial score (nSPS) is 18.2. The third kappa shape index (κ3) is 3.30. The Balaban J connectivity index is 1.79. The van der Waals surface area contributed by atoms with Crippen LogP contribution in [0.2, 0.25) is 0 Å². The van der Waals surface area contributed by atoms with Gasteiger partial charge in [0.15, 0.2) is 5.82 Å². The Morgan fingerprint density at radius 1 is 1.52 bits per heavy atom. The number of para-hydroxylation sites is 1. The molecule has 23 heavy (non-hydrogen) atoms. The number of benzene rings is 1. The first-order valence-corrected chi connectivity index (χ1v) is 7.51. The van der Waals surface area contributed by atoms with Crippen molar-refractivity contribution in [2.45, 2.75) is 26.2 Å². The van der Waals surface area contributed by atoms with Crippen LogP contribution in [0.1, 0.15) is 24.6 Å². The van der Waals surface area contributed by atoms with Gasteiger partial charge in [-0.25, -0.2) is 0 Å². The highest BCUT2D eigenvalue weighted by atomic mass is 19.1. The summed E-state index contributed by atoms with van der Waals surface area (Å²) in [6, 6.07) is 4.22. The minimum atomic E-state index is -0.802. The van der Waals surface area contributed by atoms with Crippen molar-refractivity contribution in [3.8, 4) is 0 Å². The summed E-state index contributed by atoms with van der Waals surface area (Å²) in [4.78, 5) is 16.6. The Labute approximate surface area is 132 Å². The fraction of sp³-hybridized carbons (Fsp3) is 0.467. The van der Waals surface area contributed by atoms with E-state index in [9.17, 15) is 14.5 Å². The van der Waals surface area contributed by atoms with Crippen LogP contribution in [-0.2, 0) is 6.42 Å². The summed E-state index contributed by atoms with van der Waals surface area (Å²) in [7, 11) is 0. The van der Waals surface area contributed by atoms with Crippen LogP contribution in [0.3, 0.4) is 0 Å². The Bertz CT molecular complexity index is 718. The number of nitro benzene ring substituents is 1. The second-order valence-corrected chi connectivity index (χ2v) is 5.75. The lowest BCUT2D eigenvalue weighted by molar-refractivity contribution is -0.386. The van der Waals surface area contributed by atoms with Gasteiger partial charge in [-0.05, 0) is 30.9 Å². The SMILES string of the molecule is Cc1nc(CC2CCCN(c3cccc(F)c3[N+](=O)[O-])C2)no1.